The van der Waals surface area contributed by atoms with Crippen molar-refractivity contribution in [2.75, 3.05) is 20.8 Å². The molecule has 7 atom stereocenters. The van der Waals surface area contributed by atoms with Crippen molar-refractivity contribution in [2.45, 2.75) is 115 Å². The summed E-state index contributed by atoms with van der Waals surface area (Å²) in [7, 11) is 2.69. The maximum atomic E-state index is 13.3. The van der Waals surface area contributed by atoms with E-state index >= 15 is 0 Å². The Hall–Kier alpha value is -5.73. The van der Waals surface area contributed by atoms with Crippen molar-refractivity contribution in [2.24, 2.45) is 11.8 Å². The molecule has 2 aliphatic carbocycles. The minimum Gasteiger partial charge on any atom is -0.453 e. The zero-order valence-electron chi connectivity index (χ0n) is 36.4. The first-order chi connectivity index (χ1) is 30.0. The number of epoxide rings is 1. The Bertz CT molecular complexity index is 2460. The number of methoxy groups -OCH3 is 2. The summed E-state index contributed by atoms with van der Waals surface area (Å²) in [6.07, 6.45) is 5.49. The third kappa shape index (κ3) is 8.17. The van der Waals surface area contributed by atoms with E-state index in [2.05, 4.69) is 105 Å². The van der Waals surface area contributed by atoms with Gasteiger partial charge in [-0.15, -0.1) is 0 Å². The van der Waals surface area contributed by atoms with Gasteiger partial charge < -0.3 is 40.1 Å². The molecule has 326 valence electrons. The van der Waals surface area contributed by atoms with Gasteiger partial charge in [0.2, 0.25) is 5.91 Å². The fraction of sp³-hybridized carbons (Fsp3) is 0.479. The molecule has 0 radical (unpaired) electrons. The van der Waals surface area contributed by atoms with Crippen LogP contribution in [0.4, 0.5) is 9.59 Å². The molecular formula is C48H58N8O6. The number of nitrogens with zero attached hydrogens (tertiary/aromatic N) is 3. The van der Waals surface area contributed by atoms with Crippen LogP contribution < -0.4 is 16.0 Å². The second kappa shape index (κ2) is 17.2. The number of carbonyl (C=O) groups excluding carboxylic acids is 3. The first-order valence-corrected chi connectivity index (χ1v) is 22.2. The molecule has 3 aromatic carbocycles. The number of aromatic amines is 2. The third-order valence-corrected chi connectivity index (χ3v) is 13.4. The van der Waals surface area contributed by atoms with E-state index in [1.807, 2.05) is 13.8 Å². The topological polar surface area (TPSA) is 179 Å². The van der Waals surface area contributed by atoms with Gasteiger partial charge in [-0.1, -0.05) is 82.6 Å². The molecule has 3 amide bonds. The first kappa shape index (κ1) is 41.6. The van der Waals surface area contributed by atoms with Crippen LogP contribution in [-0.4, -0.2) is 94.2 Å². The number of amides is 3. The van der Waals surface area contributed by atoms with Crippen LogP contribution in [0.1, 0.15) is 94.7 Å². The minimum absolute atomic E-state index is 0.0497. The normalized spacial score (nSPS) is 22.9. The average molecular weight is 843 g/mol. The number of carbonyl (C=O) groups is 3. The summed E-state index contributed by atoms with van der Waals surface area (Å²) in [4.78, 5) is 57.2. The fourth-order valence-electron chi connectivity index (χ4n) is 10.0. The molecule has 0 spiro atoms. The lowest BCUT2D eigenvalue weighted by molar-refractivity contribution is -0.124. The van der Waals surface area contributed by atoms with Gasteiger partial charge in [-0.2, -0.15) is 0 Å². The summed E-state index contributed by atoms with van der Waals surface area (Å²) in [5.41, 5.74) is 11.1. The number of likely N-dealkylation sites (tertiary alicyclic amines) is 1. The van der Waals surface area contributed by atoms with E-state index in [1.165, 1.54) is 36.6 Å². The van der Waals surface area contributed by atoms with Crippen molar-refractivity contribution in [3.05, 3.63) is 83.6 Å². The molecule has 4 heterocycles. The zero-order chi connectivity index (χ0) is 43.2. The largest absolute Gasteiger partial charge is 0.453 e. The van der Waals surface area contributed by atoms with Gasteiger partial charge in [-0.25, -0.2) is 19.6 Å². The number of imidazole rings is 2. The quantitative estimate of drug-likeness (QED) is 0.0786. The second-order valence-corrected chi connectivity index (χ2v) is 18.1. The fourth-order valence-corrected chi connectivity index (χ4v) is 10.0. The molecule has 3 fully saturated rings. The molecule has 0 bridgehead atoms. The van der Waals surface area contributed by atoms with E-state index in [4.69, 9.17) is 24.2 Å². The standard InChI is InChI=1S/C48H58N8O6/c1-25(2)39(54-47(58)60-5)42-46(62-42)56-22-8-11-38(56)44-50-36-21-18-31-23-29(16-19-32(31)41(36)53-44)27-12-14-28(15-13-27)30-17-20-35-37(24-30)51-43(49-35)33-9-7-10-34(33)52-45(57)40(26(3)4)55-48(59)61-6/h12-17,19-20,23-26,33-34,38-40,42,46H,7-11,18,21-22H2,1-6H3,(H,49,51)(H,50,53)(H,52,57)(H,54,58)(H,55,59)/t33-,34+,38+,39+,40+,42?,46?/m1/s1. The maximum absolute atomic E-state index is 13.3. The lowest BCUT2D eigenvalue weighted by Gasteiger charge is -2.25. The SMILES string of the molecule is COC(=O)N[C@@H](C(C)C)C1OC1N1CCC[C@H]1c1nc2c([nH]1)CCc1cc(-c3ccc(-c4ccc5nc([C@@H]6CCC[C@@H]6NC(=O)[C@@H](NC(=O)OC)C(C)C)[nH]c5c4)cc3)ccc1-2. The summed E-state index contributed by atoms with van der Waals surface area (Å²) in [6, 6.07) is 21.1. The number of H-pyrrole nitrogens is 2. The highest BCUT2D eigenvalue weighted by Crippen LogP contribution is 2.44. The number of aryl methyl sites for hydroxylation is 2. The number of nitrogens with one attached hydrogen (secondary N) is 5. The van der Waals surface area contributed by atoms with E-state index in [1.54, 1.807) is 0 Å². The first-order valence-electron chi connectivity index (χ1n) is 22.2. The zero-order valence-corrected chi connectivity index (χ0v) is 36.4. The highest BCUT2D eigenvalue weighted by atomic mass is 16.6. The van der Waals surface area contributed by atoms with E-state index in [-0.39, 0.29) is 54.1 Å². The molecular weight excluding hydrogens is 785 g/mol. The Kier molecular flexibility index (Phi) is 11.5. The summed E-state index contributed by atoms with van der Waals surface area (Å²) < 4.78 is 15.9. The molecule has 62 heavy (non-hydrogen) atoms. The number of hydrogen-bond acceptors (Lipinski definition) is 9. The van der Waals surface area contributed by atoms with E-state index < -0.39 is 18.2 Å². The van der Waals surface area contributed by atoms with Gasteiger partial charge in [0.1, 0.15) is 30.0 Å². The summed E-state index contributed by atoms with van der Waals surface area (Å²) >= 11 is 0. The van der Waals surface area contributed by atoms with Crippen LogP contribution in [0.2, 0.25) is 0 Å². The molecule has 14 heteroatoms. The molecule has 2 unspecified atom stereocenters. The molecule has 2 aromatic heterocycles. The second-order valence-electron chi connectivity index (χ2n) is 18.1. The lowest BCUT2D eigenvalue weighted by Crippen LogP contribution is -2.52. The summed E-state index contributed by atoms with van der Waals surface area (Å²) in [6.45, 7) is 8.92. The highest BCUT2D eigenvalue weighted by molar-refractivity contribution is 5.86. The average Bonchev–Trinajstić information content (AvgIpc) is 3.75. The lowest BCUT2D eigenvalue weighted by atomic mass is 9.89. The van der Waals surface area contributed by atoms with Crippen LogP contribution in [0, 0.1) is 11.8 Å². The third-order valence-electron chi connectivity index (χ3n) is 13.4. The Balaban J connectivity index is 0.868. The minimum atomic E-state index is -0.685. The Morgan fingerprint density at radius 1 is 0.774 bits per heavy atom. The monoisotopic (exact) mass is 842 g/mol. The van der Waals surface area contributed by atoms with Crippen LogP contribution in [0.3, 0.4) is 0 Å². The number of hydrogen-bond donors (Lipinski definition) is 5. The molecule has 5 aromatic rings. The highest BCUT2D eigenvalue weighted by Gasteiger charge is 2.53. The van der Waals surface area contributed by atoms with Crippen molar-refractivity contribution in [1.29, 1.82) is 0 Å². The van der Waals surface area contributed by atoms with Crippen LogP contribution in [0.5, 0.6) is 0 Å². The predicted molar refractivity (Wildman–Crippen MR) is 236 cm³/mol. The van der Waals surface area contributed by atoms with Crippen molar-refractivity contribution in [3.8, 4) is 33.5 Å². The van der Waals surface area contributed by atoms with Gasteiger partial charge in [0.05, 0.1) is 43.0 Å². The number of ether oxygens (including phenoxy) is 3. The van der Waals surface area contributed by atoms with E-state index in [9.17, 15) is 14.4 Å². The summed E-state index contributed by atoms with van der Waals surface area (Å²) in [5.74, 6) is 1.82. The smallest absolute Gasteiger partial charge is 0.407 e. The number of aromatic nitrogens is 4. The van der Waals surface area contributed by atoms with Crippen molar-refractivity contribution >= 4 is 29.1 Å². The van der Waals surface area contributed by atoms with Gasteiger partial charge in [-0.05, 0) is 90.3 Å². The molecule has 4 aliphatic rings. The maximum Gasteiger partial charge on any atom is 0.407 e. The Morgan fingerprint density at radius 2 is 1.48 bits per heavy atom. The molecule has 5 N–H and O–H groups in total. The predicted octanol–water partition coefficient (Wildman–Crippen LogP) is 7.76. The van der Waals surface area contributed by atoms with E-state index in [0.717, 1.165) is 96.6 Å². The van der Waals surface area contributed by atoms with Crippen LogP contribution in [0.15, 0.2) is 60.7 Å². The van der Waals surface area contributed by atoms with Crippen LogP contribution in [-0.2, 0) is 31.8 Å². The number of alkyl carbamates (subject to hydrolysis) is 2. The molecule has 2 saturated heterocycles. The van der Waals surface area contributed by atoms with Crippen molar-refractivity contribution in [3.63, 3.8) is 0 Å². The van der Waals surface area contributed by atoms with Gasteiger partial charge >= 0.3 is 12.2 Å². The molecule has 2 aliphatic heterocycles. The number of fused-ring (bicyclic) bond motifs is 4. The van der Waals surface area contributed by atoms with Crippen molar-refractivity contribution < 1.29 is 28.6 Å². The van der Waals surface area contributed by atoms with Crippen LogP contribution >= 0.6 is 0 Å². The van der Waals surface area contributed by atoms with Crippen LogP contribution in [0.25, 0.3) is 44.5 Å². The van der Waals surface area contributed by atoms with E-state index in [0.29, 0.717) is 0 Å². The number of benzene rings is 3. The van der Waals surface area contributed by atoms with Gasteiger partial charge in [0, 0.05) is 29.8 Å². The summed E-state index contributed by atoms with van der Waals surface area (Å²) in [5, 5.41) is 8.86. The Morgan fingerprint density at radius 3 is 2.21 bits per heavy atom. The number of rotatable bonds is 12. The van der Waals surface area contributed by atoms with Crippen molar-refractivity contribution in [1.82, 2.24) is 40.8 Å². The van der Waals surface area contributed by atoms with Gasteiger partial charge in [0.25, 0.3) is 0 Å². The van der Waals surface area contributed by atoms with Gasteiger partial charge in [0.15, 0.2) is 0 Å². The molecule has 14 nitrogen and oxygen atoms in total. The van der Waals surface area contributed by atoms with Gasteiger partial charge in [-0.3, -0.25) is 9.69 Å². The molecule has 9 rings (SSSR count). The molecule has 1 saturated carbocycles. The Labute approximate surface area is 362 Å².